The molecule has 0 aliphatic heterocycles. The van der Waals surface area contributed by atoms with Gasteiger partial charge in [-0.15, -0.1) is 0 Å². The molecule has 12 heavy (non-hydrogen) atoms. The molecule has 64 valence electrons. The molecule has 0 fully saturated rings. The maximum Gasteiger partial charge on any atom is 0.341 e. The standard InChI is InChI=1S/C5HCl2IN2O2/c6-2-1(4(11)12)3(8)10-5(7)9-2/h(H,11,12). The Morgan fingerprint density at radius 3 is 2.42 bits per heavy atom. The Hall–Kier alpha value is -0.140. The van der Waals surface area contributed by atoms with Gasteiger partial charge in [-0.05, 0) is 34.2 Å². The highest BCUT2D eigenvalue weighted by atomic mass is 127. The van der Waals surface area contributed by atoms with Crippen molar-refractivity contribution in [1.29, 1.82) is 0 Å². The summed E-state index contributed by atoms with van der Waals surface area (Å²) in [6.07, 6.45) is 0. The van der Waals surface area contributed by atoms with Gasteiger partial charge in [0.2, 0.25) is 5.28 Å². The molecule has 0 atom stereocenters. The Morgan fingerprint density at radius 2 is 2.00 bits per heavy atom. The van der Waals surface area contributed by atoms with Crippen LogP contribution in [0, 0.1) is 3.70 Å². The van der Waals surface area contributed by atoms with Crippen LogP contribution in [0.4, 0.5) is 0 Å². The molecule has 0 aliphatic carbocycles. The first-order valence-electron chi connectivity index (χ1n) is 2.64. The molecule has 0 spiro atoms. The number of carboxylic acids is 1. The zero-order chi connectivity index (χ0) is 9.30. The van der Waals surface area contributed by atoms with Gasteiger partial charge < -0.3 is 5.11 Å². The Kier molecular flexibility index (Phi) is 3.08. The summed E-state index contributed by atoms with van der Waals surface area (Å²) in [6.45, 7) is 0. The first-order valence-corrected chi connectivity index (χ1v) is 4.47. The fraction of sp³-hybridized carbons (Fsp3) is 0. The van der Waals surface area contributed by atoms with E-state index in [0.29, 0.717) is 0 Å². The van der Waals surface area contributed by atoms with Crippen molar-refractivity contribution >= 4 is 51.8 Å². The van der Waals surface area contributed by atoms with Gasteiger partial charge in [-0.3, -0.25) is 0 Å². The lowest BCUT2D eigenvalue weighted by atomic mass is 10.3. The van der Waals surface area contributed by atoms with Gasteiger partial charge in [0, 0.05) is 0 Å². The lowest BCUT2D eigenvalue weighted by Crippen LogP contribution is -2.05. The molecule has 0 radical (unpaired) electrons. The van der Waals surface area contributed by atoms with E-state index in [1.165, 1.54) is 0 Å². The number of carboxylic acid groups (broad SMARTS) is 1. The Morgan fingerprint density at radius 1 is 1.42 bits per heavy atom. The van der Waals surface area contributed by atoms with Crippen molar-refractivity contribution in [2.24, 2.45) is 0 Å². The van der Waals surface area contributed by atoms with Crippen molar-refractivity contribution in [3.05, 3.63) is 19.7 Å². The van der Waals surface area contributed by atoms with Crippen molar-refractivity contribution in [3.63, 3.8) is 0 Å². The molecule has 0 aliphatic rings. The molecule has 0 bridgehead atoms. The van der Waals surface area contributed by atoms with Crippen LogP contribution in [0.1, 0.15) is 10.4 Å². The van der Waals surface area contributed by atoms with Gasteiger partial charge in [-0.25, -0.2) is 14.8 Å². The Bertz CT molecular complexity index is 321. The molecule has 1 heterocycles. The second-order valence-corrected chi connectivity index (χ2v) is 3.47. The van der Waals surface area contributed by atoms with E-state index < -0.39 is 5.97 Å². The molecule has 0 unspecified atom stereocenters. The van der Waals surface area contributed by atoms with Crippen LogP contribution in [0.15, 0.2) is 0 Å². The minimum Gasteiger partial charge on any atom is -0.477 e. The van der Waals surface area contributed by atoms with Gasteiger partial charge >= 0.3 is 5.97 Å². The van der Waals surface area contributed by atoms with Gasteiger partial charge in [0.25, 0.3) is 0 Å². The van der Waals surface area contributed by atoms with E-state index in [4.69, 9.17) is 28.3 Å². The van der Waals surface area contributed by atoms with E-state index in [-0.39, 0.29) is 19.7 Å². The largest absolute Gasteiger partial charge is 0.477 e. The van der Waals surface area contributed by atoms with Crippen molar-refractivity contribution < 1.29 is 9.90 Å². The fourth-order valence-corrected chi connectivity index (χ4v) is 2.04. The van der Waals surface area contributed by atoms with Gasteiger partial charge in [0.1, 0.15) is 14.4 Å². The van der Waals surface area contributed by atoms with Crippen LogP contribution in [0.5, 0.6) is 0 Å². The molecule has 0 saturated heterocycles. The molecule has 1 N–H and O–H groups in total. The minimum absolute atomic E-state index is 0.0607. The third kappa shape index (κ3) is 1.96. The summed E-state index contributed by atoms with van der Waals surface area (Å²) in [5.74, 6) is -1.17. The zero-order valence-corrected chi connectivity index (χ0v) is 9.05. The quantitative estimate of drug-likeness (QED) is 0.489. The molecular weight excluding hydrogens is 318 g/mol. The number of rotatable bonds is 1. The number of nitrogens with zero attached hydrogens (tertiary/aromatic N) is 2. The monoisotopic (exact) mass is 318 g/mol. The highest BCUT2D eigenvalue weighted by molar-refractivity contribution is 14.1. The van der Waals surface area contributed by atoms with Crippen LogP contribution in [0.25, 0.3) is 0 Å². The maximum absolute atomic E-state index is 10.5. The van der Waals surface area contributed by atoms with E-state index in [2.05, 4.69) is 9.97 Å². The molecule has 0 amide bonds. The summed E-state index contributed by atoms with van der Waals surface area (Å²) in [7, 11) is 0. The molecule has 0 saturated carbocycles. The molecule has 1 aromatic heterocycles. The smallest absolute Gasteiger partial charge is 0.341 e. The summed E-state index contributed by atoms with van der Waals surface area (Å²) in [6, 6.07) is 0. The predicted octanol–water partition coefficient (Wildman–Crippen LogP) is 2.09. The summed E-state index contributed by atoms with van der Waals surface area (Å²) in [5, 5.41) is 8.42. The normalized spacial score (nSPS) is 9.92. The van der Waals surface area contributed by atoms with Crippen molar-refractivity contribution in [3.8, 4) is 0 Å². The second-order valence-electron chi connectivity index (χ2n) is 1.75. The predicted molar refractivity (Wildman–Crippen MR) is 51.7 cm³/mol. The third-order valence-corrected chi connectivity index (χ3v) is 2.23. The maximum atomic E-state index is 10.5. The lowest BCUT2D eigenvalue weighted by molar-refractivity contribution is 0.0695. The number of aromatic nitrogens is 2. The van der Waals surface area contributed by atoms with E-state index >= 15 is 0 Å². The first-order chi connectivity index (χ1) is 5.52. The van der Waals surface area contributed by atoms with Crippen LogP contribution in [0.2, 0.25) is 10.4 Å². The van der Waals surface area contributed by atoms with Gasteiger partial charge in [-0.2, -0.15) is 0 Å². The number of halogens is 3. The molecule has 1 rings (SSSR count). The van der Waals surface area contributed by atoms with E-state index in [0.717, 1.165) is 0 Å². The summed E-state index contributed by atoms with van der Waals surface area (Å²) in [5.41, 5.74) is -0.123. The average Bonchev–Trinajstić information content (AvgIpc) is 1.82. The van der Waals surface area contributed by atoms with E-state index in [9.17, 15) is 4.79 Å². The average molecular weight is 319 g/mol. The molecule has 1 aromatic rings. The van der Waals surface area contributed by atoms with Crippen LogP contribution in [0.3, 0.4) is 0 Å². The summed E-state index contributed by atoms with van der Waals surface area (Å²) >= 11 is 12.7. The lowest BCUT2D eigenvalue weighted by Gasteiger charge is -1.99. The van der Waals surface area contributed by atoms with Crippen LogP contribution < -0.4 is 0 Å². The topological polar surface area (TPSA) is 63.1 Å². The van der Waals surface area contributed by atoms with Gasteiger partial charge in [-0.1, -0.05) is 11.6 Å². The van der Waals surface area contributed by atoms with E-state index in [1.54, 1.807) is 22.6 Å². The zero-order valence-electron chi connectivity index (χ0n) is 5.38. The molecular formula is C5HCl2IN2O2. The Labute approximate surface area is 91.1 Å². The fourth-order valence-electron chi connectivity index (χ4n) is 0.560. The van der Waals surface area contributed by atoms with Gasteiger partial charge in [0.15, 0.2) is 0 Å². The van der Waals surface area contributed by atoms with Crippen LogP contribution in [-0.4, -0.2) is 21.0 Å². The van der Waals surface area contributed by atoms with E-state index in [1.807, 2.05) is 0 Å². The molecule has 4 nitrogen and oxygen atoms in total. The second kappa shape index (κ2) is 3.71. The van der Waals surface area contributed by atoms with Gasteiger partial charge in [0.05, 0.1) is 0 Å². The number of hydrogen-bond acceptors (Lipinski definition) is 3. The molecule has 7 heteroatoms. The van der Waals surface area contributed by atoms with Crippen molar-refractivity contribution in [1.82, 2.24) is 9.97 Å². The number of hydrogen-bond donors (Lipinski definition) is 1. The highest BCUT2D eigenvalue weighted by Crippen LogP contribution is 2.19. The number of carbonyl (C=O) groups is 1. The summed E-state index contributed by atoms with van der Waals surface area (Å²) < 4.78 is 0.227. The van der Waals surface area contributed by atoms with Crippen LogP contribution >= 0.6 is 45.8 Å². The SMILES string of the molecule is O=C(O)c1c(Cl)nc(Cl)nc1I. The first kappa shape index (κ1) is 9.94. The highest BCUT2D eigenvalue weighted by Gasteiger charge is 2.16. The van der Waals surface area contributed by atoms with Crippen molar-refractivity contribution in [2.75, 3.05) is 0 Å². The third-order valence-electron chi connectivity index (χ3n) is 1.01. The number of aromatic carboxylic acids is 1. The minimum atomic E-state index is -1.17. The van der Waals surface area contributed by atoms with Crippen LogP contribution in [-0.2, 0) is 0 Å². The summed E-state index contributed by atoms with van der Waals surface area (Å²) in [4.78, 5) is 17.7. The molecule has 0 aromatic carbocycles. The van der Waals surface area contributed by atoms with Crippen molar-refractivity contribution in [2.45, 2.75) is 0 Å². The Balaban J connectivity index is 3.38.